The molecule has 0 saturated carbocycles. The Kier molecular flexibility index (Phi) is 6.28. The van der Waals surface area contributed by atoms with Crippen LogP contribution in [0.5, 0.6) is 5.75 Å². The van der Waals surface area contributed by atoms with Crippen molar-refractivity contribution in [1.29, 1.82) is 0 Å². The average molecular weight is 428 g/mol. The number of aromatic nitrogens is 1. The van der Waals surface area contributed by atoms with E-state index in [1.807, 2.05) is 28.8 Å². The van der Waals surface area contributed by atoms with Crippen LogP contribution in [0.15, 0.2) is 66.1 Å². The van der Waals surface area contributed by atoms with Gasteiger partial charge in [-0.15, -0.1) is 6.58 Å². The number of hydrogen-bond acceptors (Lipinski definition) is 4. The number of fused-ring (bicyclic) bond motifs is 1. The summed E-state index contributed by atoms with van der Waals surface area (Å²) in [4.78, 5) is 13.1. The van der Waals surface area contributed by atoms with E-state index in [4.69, 9.17) is 4.74 Å². The minimum absolute atomic E-state index is 0.178. The van der Waals surface area contributed by atoms with E-state index in [0.717, 1.165) is 15.4 Å². The maximum absolute atomic E-state index is 12.9. The molecule has 0 radical (unpaired) electrons. The van der Waals surface area contributed by atoms with Crippen LogP contribution >= 0.6 is 0 Å². The zero-order chi connectivity index (χ0) is 21.9. The molecular weight excluding hydrogens is 402 g/mol. The van der Waals surface area contributed by atoms with Crippen LogP contribution in [-0.2, 0) is 23.1 Å². The molecule has 0 spiro atoms. The van der Waals surface area contributed by atoms with Crippen LogP contribution in [0, 0.1) is 0 Å². The van der Waals surface area contributed by atoms with Gasteiger partial charge in [-0.05, 0) is 30.3 Å². The van der Waals surface area contributed by atoms with Crippen LogP contribution in [-0.4, -0.2) is 44.4 Å². The van der Waals surface area contributed by atoms with Gasteiger partial charge in [0, 0.05) is 43.7 Å². The molecule has 1 aromatic heterocycles. The predicted molar refractivity (Wildman–Crippen MR) is 117 cm³/mol. The first kappa shape index (κ1) is 21.6. The summed E-state index contributed by atoms with van der Waals surface area (Å²) >= 11 is 0. The minimum Gasteiger partial charge on any atom is -0.496 e. The molecule has 0 aliphatic heterocycles. The maximum atomic E-state index is 12.9. The third-order valence-electron chi connectivity index (χ3n) is 4.83. The molecule has 0 unspecified atom stereocenters. The number of nitrogens with one attached hydrogen (secondary N) is 1. The van der Waals surface area contributed by atoms with Crippen LogP contribution in [0.2, 0.25) is 0 Å². The molecule has 8 heteroatoms. The van der Waals surface area contributed by atoms with E-state index in [-0.39, 0.29) is 10.8 Å². The zero-order valence-corrected chi connectivity index (χ0v) is 18.1. The second-order valence-corrected chi connectivity index (χ2v) is 9.08. The smallest absolute Gasteiger partial charge is 0.268 e. The Labute approximate surface area is 176 Å². The summed E-state index contributed by atoms with van der Waals surface area (Å²) in [7, 11) is 0.987. The Morgan fingerprint density at radius 1 is 1.20 bits per heavy atom. The lowest BCUT2D eigenvalue weighted by Crippen LogP contribution is -2.25. The van der Waals surface area contributed by atoms with Crippen molar-refractivity contribution in [3.8, 4) is 5.75 Å². The Balaban J connectivity index is 1.96. The molecule has 1 amide bonds. The number of hydrogen-bond donors (Lipinski definition) is 1. The van der Waals surface area contributed by atoms with E-state index in [1.54, 1.807) is 37.5 Å². The molecule has 0 bridgehead atoms. The quantitative estimate of drug-likeness (QED) is 0.561. The predicted octanol–water partition coefficient (Wildman–Crippen LogP) is 3.02. The molecule has 2 aromatic carbocycles. The number of para-hydroxylation sites is 1. The van der Waals surface area contributed by atoms with E-state index < -0.39 is 10.0 Å². The van der Waals surface area contributed by atoms with Crippen molar-refractivity contribution in [1.82, 2.24) is 14.2 Å². The average Bonchev–Trinajstić information content (AvgIpc) is 3.10. The number of amides is 1. The number of carbonyl (C=O) groups is 1. The van der Waals surface area contributed by atoms with Crippen molar-refractivity contribution in [2.75, 3.05) is 21.2 Å². The Morgan fingerprint density at radius 2 is 1.93 bits per heavy atom. The molecule has 3 aromatic rings. The Hall–Kier alpha value is -3.10. The lowest BCUT2D eigenvalue weighted by molar-refractivity contribution is 0.0942. The van der Waals surface area contributed by atoms with Crippen LogP contribution < -0.4 is 10.1 Å². The van der Waals surface area contributed by atoms with E-state index in [9.17, 15) is 13.2 Å². The fourth-order valence-corrected chi connectivity index (χ4v) is 4.19. The molecule has 30 heavy (non-hydrogen) atoms. The van der Waals surface area contributed by atoms with Gasteiger partial charge in [-0.1, -0.05) is 24.3 Å². The lowest BCUT2D eigenvalue weighted by atomic mass is 10.2. The molecular formula is C22H25N3O4S. The topological polar surface area (TPSA) is 80.6 Å². The van der Waals surface area contributed by atoms with Crippen molar-refractivity contribution < 1.29 is 17.9 Å². The van der Waals surface area contributed by atoms with Crippen LogP contribution in [0.4, 0.5) is 0 Å². The van der Waals surface area contributed by atoms with E-state index >= 15 is 0 Å². The molecule has 7 nitrogen and oxygen atoms in total. The number of nitrogens with zero attached hydrogens (tertiary/aromatic N) is 2. The highest BCUT2D eigenvalue weighted by atomic mass is 32.2. The van der Waals surface area contributed by atoms with Crippen molar-refractivity contribution in [2.24, 2.45) is 0 Å². The number of methoxy groups -OCH3 is 1. The zero-order valence-electron chi connectivity index (χ0n) is 17.3. The minimum atomic E-state index is -3.57. The molecule has 0 atom stereocenters. The van der Waals surface area contributed by atoms with Gasteiger partial charge in [0.05, 0.1) is 12.0 Å². The molecule has 0 fully saturated rings. The highest BCUT2D eigenvalue weighted by Crippen LogP contribution is 2.25. The summed E-state index contributed by atoms with van der Waals surface area (Å²) in [6.45, 7) is 4.49. The third-order valence-corrected chi connectivity index (χ3v) is 6.64. The summed E-state index contributed by atoms with van der Waals surface area (Å²) in [5.74, 6) is 0.430. The highest BCUT2D eigenvalue weighted by molar-refractivity contribution is 7.89. The standard InChI is InChI=1S/C22H25N3O4S/c1-5-12-25-19-11-10-18(30(27,28)24(2)3)13-17(19)14-20(25)22(26)23-15-16-8-6-7-9-21(16)29-4/h5-11,13-14H,1,12,15H2,2-4H3,(H,23,26). The summed E-state index contributed by atoms with van der Waals surface area (Å²) in [6, 6.07) is 14.0. The van der Waals surface area contributed by atoms with E-state index in [0.29, 0.717) is 29.9 Å². The number of ether oxygens (including phenoxy) is 1. The van der Waals surface area contributed by atoms with Gasteiger partial charge in [0.2, 0.25) is 10.0 Å². The summed E-state index contributed by atoms with van der Waals surface area (Å²) in [6.07, 6.45) is 1.70. The molecule has 3 rings (SSSR count). The fourth-order valence-electron chi connectivity index (χ4n) is 3.25. The van der Waals surface area contributed by atoms with Crippen LogP contribution in [0.3, 0.4) is 0 Å². The summed E-state index contributed by atoms with van der Waals surface area (Å²) in [5.41, 5.74) is 2.05. The Morgan fingerprint density at radius 3 is 2.60 bits per heavy atom. The SMILES string of the molecule is C=CCn1c(C(=O)NCc2ccccc2OC)cc2cc(S(=O)(=O)N(C)C)ccc21. The summed E-state index contributed by atoms with van der Waals surface area (Å²) < 4.78 is 33.2. The number of sulfonamides is 1. The van der Waals surface area contributed by atoms with Gasteiger partial charge < -0.3 is 14.6 Å². The summed E-state index contributed by atoms with van der Waals surface area (Å²) in [5, 5.41) is 3.58. The fraction of sp³-hybridized carbons (Fsp3) is 0.227. The number of benzene rings is 2. The van der Waals surface area contributed by atoms with E-state index in [2.05, 4.69) is 11.9 Å². The molecule has 1 N–H and O–H groups in total. The molecule has 0 aliphatic rings. The van der Waals surface area contributed by atoms with Crippen LogP contribution in [0.25, 0.3) is 10.9 Å². The monoisotopic (exact) mass is 427 g/mol. The number of rotatable bonds is 8. The first-order valence-corrected chi connectivity index (χ1v) is 10.8. The van der Waals surface area contributed by atoms with Crippen LogP contribution in [0.1, 0.15) is 16.1 Å². The van der Waals surface area contributed by atoms with Crippen molar-refractivity contribution in [2.45, 2.75) is 18.0 Å². The van der Waals surface area contributed by atoms with Gasteiger partial charge >= 0.3 is 0 Å². The second kappa shape index (κ2) is 8.73. The molecule has 158 valence electrons. The largest absolute Gasteiger partial charge is 0.496 e. The lowest BCUT2D eigenvalue weighted by Gasteiger charge is -2.12. The number of allylic oxidation sites excluding steroid dienone is 1. The third kappa shape index (κ3) is 4.10. The van der Waals surface area contributed by atoms with Gasteiger partial charge in [0.25, 0.3) is 5.91 Å². The van der Waals surface area contributed by atoms with Crippen molar-refractivity contribution in [3.63, 3.8) is 0 Å². The van der Waals surface area contributed by atoms with E-state index in [1.165, 1.54) is 14.1 Å². The normalized spacial score (nSPS) is 11.6. The second-order valence-electron chi connectivity index (χ2n) is 6.93. The molecule has 0 aliphatic carbocycles. The molecule has 1 heterocycles. The number of carbonyl (C=O) groups excluding carboxylic acids is 1. The van der Waals surface area contributed by atoms with Gasteiger partial charge in [-0.25, -0.2) is 12.7 Å². The van der Waals surface area contributed by atoms with Gasteiger partial charge in [0.1, 0.15) is 11.4 Å². The maximum Gasteiger partial charge on any atom is 0.268 e. The molecule has 0 saturated heterocycles. The van der Waals surface area contributed by atoms with Gasteiger partial charge in [0.15, 0.2) is 0 Å². The van der Waals surface area contributed by atoms with Crippen molar-refractivity contribution >= 4 is 26.8 Å². The Bertz CT molecular complexity index is 1200. The van der Waals surface area contributed by atoms with Gasteiger partial charge in [-0.3, -0.25) is 4.79 Å². The highest BCUT2D eigenvalue weighted by Gasteiger charge is 2.20. The van der Waals surface area contributed by atoms with Gasteiger partial charge in [-0.2, -0.15) is 0 Å². The van der Waals surface area contributed by atoms with Crippen molar-refractivity contribution in [3.05, 3.63) is 72.4 Å². The first-order chi connectivity index (χ1) is 14.3. The first-order valence-electron chi connectivity index (χ1n) is 9.36.